The van der Waals surface area contributed by atoms with E-state index >= 15 is 0 Å². The fourth-order valence-electron chi connectivity index (χ4n) is 2.58. The quantitative estimate of drug-likeness (QED) is 0.847. The third-order valence-corrected chi connectivity index (χ3v) is 3.97. The van der Waals surface area contributed by atoms with Gasteiger partial charge < -0.3 is 10.4 Å². The Hall–Kier alpha value is -2.70. The van der Waals surface area contributed by atoms with E-state index in [9.17, 15) is 14.7 Å². The summed E-state index contributed by atoms with van der Waals surface area (Å²) >= 11 is 0. The molecule has 2 aromatic rings. The minimum Gasteiger partial charge on any atom is -0.480 e. The molecule has 1 aromatic carbocycles. The Morgan fingerprint density at radius 3 is 2.62 bits per heavy atom. The number of aliphatic carboxylic acids is 1. The molecule has 0 saturated carbocycles. The van der Waals surface area contributed by atoms with Gasteiger partial charge in [0.05, 0.1) is 11.4 Å². The van der Waals surface area contributed by atoms with Crippen molar-refractivity contribution in [2.75, 3.05) is 0 Å². The predicted molar refractivity (Wildman–Crippen MR) is 89.2 cm³/mol. The molecule has 0 saturated heterocycles. The molecule has 1 unspecified atom stereocenters. The minimum atomic E-state index is -1.33. The summed E-state index contributed by atoms with van der Waals surface area (Å²) in [6.07, 6.45) is 0.969. The van der Waals surface area contributed by atoms with Crippen molar-refractivity contribution in [3.05, 3.63) is 41.2 Å². The summed E-state index contributed by atoms with van der Waals surface area (Å²) in [5.41, 5.74) is 1.22. The molecule has 1 atom stereocenters. The van der Waals surface area contributed by atoms with Crippen LogP contribution in [0.1, 0.15) is 48.4 Å². The Morgan fingerprint density at radius 1 is 1.33 bits per heavy atom. The molecule has 0 radical (unpaired) electrons. The molecule has 1 aromatic heterocycles. The van der Waals surface area contributed by atoms with E-state index < -0.39 is 17.4 Å². The van der Waals surface area contributed by atoms with Gasteiger partial charge in [-0.3, -0.25) is 4.79 Å². The van der Waals surface area contributed by atoms with Crippen LogP contribution in [0.25, 0.3) is 5.69 Å². The maximum absolute atomic E-state index is 12.5. The second kappa shape index (κ2) is 6.82. The van der Waals surface area contributed by atoms with Gasteiger partial charge in [0.1, 0.15) is 5.54 Å². The molecule has 2 N–H and O–H groups in total. The summed E-state index contributed by atoms with van der Waals surface area (Å²) in [5.74, 6) is -1.61. The van der Waals surface area contributed by atoms with Crippen molar-refractivity contribution < 1.29 is 14.7 Å². The van der Waals surface area contributed by atoms with Gasteiger partial charge in [-0.25, -0.2) is 9.48 Å². The highest BCUT2D eigenvalue weighted by Gasteiger charge is 2.35. The zero-order valence-corrected chi connectivity index (χ0v) is 14.3. The van der Waals surface area contributed by atoms with Gasteiger partial charge >= 0.3 is 5.97 Å². The van der Waals surface area contributed by atoms with Crippen molar-refractivity contribution >= 4 is 11.9 Å². The molecule has 7 heteroatoms. The molecular formula is C17H22N4O3. The first-order valence-corrected chi connectivity index (χ1v) is 7.83. The second-order valence-electron chi connectivity index (χ2n) is 6.12. The molecule has 0 spiro atoms. The number of amides is 1. The van der Waals surface area contributed by atoms with Crippen LogP contribution in [0, 0.1) is 13.8 Å². The fraction of sp³-hybridized carbons (Fsp3) is 0.412. The van der Waals surface area contributed by atoms with Crippen molar-refractivity contribution in [3.63, 3.8) is 0 Å². The average Bonchev–Trinajstić information content (AvgIpc) is 2.89. The highest BCUT2D eigenvalue weighted by molar-refractivity contribution is 5.97. The highest BCUT2D eigenvalue weighted by atomic mass is 16.4. The molecule has 0 aliphatic rings. The number of aromatic nitrogens is 3. The standard InChI is InChI=1S/C17H22N4O3/c1-5-9-17(4,16(23)24)18-15(22)14-12(3)21(20-19-14)13-8-6-7-11(2)10-13/h6-8,10H,5,9H2,1-4H3,(H,18,22)(H,23,24). The number of nitrogens with zero attached hydrogens (tertiary/aromatic N) is 3. The number of rotatable bonds is 6. The van der Waals surface area contributed by atoms with Gasteiger partial charge in [-0.15, -0.1) is 5.10 Å². The third-order valence-electron chi connectivity index (χ3n) is 3.97. The maximum atomic E-state index is 12.5. The number of benzene rings is 1. The summed E-state index contributed by atoms with van der Waals surface area (Å²) in [7, 11) is 0. The Kier molecular flexibility index (Phi) is 5.02. The Morgan fingerprint density at radius 2 is 2.04 bits per heavy atom. The SMILES string of the molecule is CCCC(C)(NC(=O)c1nnn(-c2cccc(C)c2)c1C)C(=O)O. The zero-order valence-electron chi connectivity index (χ0n) is 14.3. The topological polar surface area (TPSA) is 97.1 Å². The normalized spacial score (nSPS) is 13.3. The predicted octanol–water partition coefficient (Wildman–Crippen LogP) is 2.26. The fourth-order valence-corrected chi connectivity index (χ4v) is 2.58. The molecule has 1 heterocycles. The van der Waals surface area contributed by atoms with Gasteiger partial charge in [0, 0.05) is 0 Å². The molecule has 0 aliphatic carbocycles. The van der Waals surface area contributed by atoms with E-state index in [0.717, 1.165) is 11.3 Å². The first-order chi connectivity index (χ1) is 11.3. The van der Waals surface area contributed by atoms with Crippen LogP contribution >= 0.6 is 0 Å². The zero-order chi connectivity index (χ0) is 17.9. The van der Waals surface area contributed by atoms with E-state index in [1.54, 1.807) is 11.6 Å². The van der Waals surface area contributed by atoms with Crippen molar-refractivity contribution in [3.8, 4) is 5.69 Å². The van der Waals surface area contributed by atoms with Crippen molar-refractivity contribution in [2.45, 2.75) is 46.1 Å². The van der Waals surface area contributed by atoms with E-state index in [1.165, 1.54) is 6.92 Å². The summed E-state index contributed by atoms with van der Waals surface area (Å²) in [6, 6.07) is 7.66. The maximum Gasteiger partial charge on any atom is 0.329 e. The van der Waals surface area contributed by atoms with Gasteiger partial charge in [0.15, 0.2) is 5.69 Å². The second-order valence-corrected chi connectivity index (χ2v) is 6.12. The van der Waals surface area contributed by atoms with Crippen molar-refractivity contribution in [2.24, 2.45) is 0 Å². The van der Waals surface area contributed by atoms with E-state index in [4.69, 9.17) is 0 Å². The first kappa shape index (κ1) is 17.7. The number of carbonyl (C=O) groups excluding carboxylic acids is 1. The summed E-state index contributed by atoms with van der Waals surface area (Å²) < 4.78 is 1.57. The smallest absolute Gasteiger partial charge is 0.329 e. The van der Waals surface area contributed by atoms with E-state index in [-0.39, 0.29) is 5.69 Å². The number of hydrogen-bond donors (Lipinski definition) is 2. The molecule has 2 rings (SSSR count). The lowest BCUT2D eigenvalue weighted by Crippen LogP contribution is -2.52. The summed E-state index contributed by atoms with van der Waals surface area (Å²) in [5, 5.41) is 19.9. The molecule has 0 aliphatic heterocycles. The number of aryl methyl sites for hydroxylation is 1. The summed E-state index contributed by atoms with van der Waals surface area (Å²) in [6.45, 7) is 7.06. The Bertz CT molecular complexity index is 769. The summed E-state index contributed by atoms with van der Waals surface area (Å²) in [4.78, 5) is 24.0. The van der Waals surface area contributed by atoms with E-state index in [0.29, 0.717) is 18.5 Å². The average molecular weight is 330 g/mol. The number of carbonyl (C=O) groups is 2. The molecule has 128 valence electrons. The van der Waals surface area contributed by atoms with Crippen molar-refractivity contribution in [1.29, 1.82) is 0 Å². The molecule has 1 amide bonds. The van der Waals surface area contributed by atoms with Gasteiger partial charge in [-0.2, -0.15) is 0 Å². The molecule has 24 heavy (non-hydrogen) atoms. The monoisotopic (exact) mass is 330 g/mol. The Balaban J connectivity index is 2.30. The first-order valence-electron chi connectivity index (χ1n) is 7.83. The van der Waals surface area contributed by atoms with Crippen molar-refractivity contribution in [1.82, 2.24) is 20.3 Å². The molecule has 0 fully saturated rings. The van der Waals surface area contributed by atoms with Crippen LogP contribution < -0.4 is 5.32 Å². The van der Waals surface area contributed by atoms with E-state index in [2.05, 4.69) is 15.6 Å². The number of hydrogen-bond acceptors (Lipinski definition) is 4. The van der Waals surface area contributed by atoms with Crippen LogP contribution in [0.2, 0.25) is 0 Å². The van der Waals surface area contributed by atoms with Crippen LogP contribution in [-0.2, 0) is 4.79 Å². The lowest BCUT2D eigenvalue weighted by molar-refractivity contribution is -0.144. The van der Waals surface area contributed by atoms with Gasteiger partial charge in [-0.05, 0) is 44.9 Å². The largest absolute Gasteiger partial charge is 0.480 e. The van der Waals surface area contributed by atoms with Crippen LogP contribution in [-0.4, -0.2) is 37.5 Å². The van der Waals surface area contributed by atoms with Gasteiger partial charge in [0.25, 0.3) is 5.91 Å². The minimum absolute atomic E-state index is 0.125. The van der Waals surface area contributed by atoms with Crippen LogP contribution in [0.5, 0.6) is 0 Å². The van der Waals surface area contributed by atoms with Gasteiger partial charge in [0.2, 0.25) is 0 Å². The van der Waals surface area contributed by atoms with Crippen LogP contribution in [0.15, 0.2) is 24.3 Å². The van der Waals surface area contributed by atoms with Crippen LogP contribution in [0.3, 0.4) is 0 Å². The van der Waals surface area contributed by atoms with Crippen LogP contribution in [0.4, 0.5) is 0 Å². The number of carboxylic acid groups (broad SMARTS) is 1. The molecule has 0 bridgehead atoms. The molecule has 7 nitrogen and oxygen atoms in total. The van der Waals surface area contributed by atoms with Gasteiger partial charge in [-0.1, -0.05) is 30.7 Å². The highest BCUT2D eigenvalue weighted by Crippen LogP contribution is 2.17. The lowest BCUT2D eigenvalue weighted by Gasteiger charge is -2.25. The number of carboxylic acids is 1. The lowest BCUT2D eigenvalue weighted by atomic mass is 9.96. The third kappa shape index (κ3) is 3.45. The van der Waals surface area contributed by atoms with E-state index in [1.807, 2.05) is 38.1 Å². The number of nitrogens with one attached hydrogen (secondary N) is 1. The molecular weight excluding hydrogens is 308 g/mol. The Labute approximate surface area is 140 Å².